The number of halogens is 3. The highest BCUT2D eigenvalue weighted by Crippen LogP contribution is 2.32. The Bertz CT molecular complexity index is 695. The molecule has 0 atom stereocenters. The lowest BCUT2D eigenvalue weighted by atomic mass is 10.2. The Hall–Kier alpha value is -1.27. The molecule has 4 nitrogen and oxygen atoms in total. The van der Waals surface area contributed by atoms with Gasteiger partial charge >= 0.3 is 6.03 Å². The van der Waals surface area contributed by atoms with Crippen LogP contribution in [0.25, 0.3) is 0 Å². The third-order valence-electron chi connectivity index (χ3n) is 2.54. The lowest BCUT2D eigenvalue weighted by molar-refractivity contribution is 0.0967. The maximum absolute atomic E-state index is 12.0. The average Bonchev–Trinajstić information content (AvgIpc) is 2.70. The fraction of sp³-hybridized carbons (Fsp3) is 0.0769. The molecule has 0 radical (unpaired) electrons. The lowest BCUT2D eigenvalue weighted by Crippen LogP contribution is -2.34. The molecule has 3 amide bonds. The van der Waals surface area contributed by atoms with Crippen molar-refractivity contribution in [2.45, 2.75) is 6.92 Å². The molecule has 21 heavy (non-hydrogen) atoms. The SMILES string of the molecule is Cc1csc(NC(=O)NC(=O)c2c(Cl)cccc2Cl)c1Cl. The van der Waals surface area contributed by atoms with Gasteiger partial charge in [-0.3, -0.25) is 15.4 Å². The Morgan fingerprint density at radius 1 is 1.14 bits per heavy atom. The zero-order valence-electron chi connectivity index (χ0n) is 10.7. The van der Waals surface area contributed by atoms with Crippen LogP contribution in [0.3, 0.4) is 0 Å². The lowest BCUT2D eigenvalue weighted by Gasteiger charge is -2.08. The molecular formula is C13H9Cl3N2O2S. The van der Waals surface area contributed by atoms with E-state index in [1.807, 2.05) is 6.92 Å². The number of urea groups is 1. The van der Waals surface area contributed by atoms with E-state index in [1.165, 1.54) is 23.5 Å². The van der Waals surface area contributed by atoms with Crippen molar-refractivity contribution in [3.63, 3.8) is 0 Å². The van der Waals surface area contributed by atoms with Gasteiger partial charge in [-0.05, 0) is 30.0 Å². The van der Waals surface area contributed by atoms with Crippen LogP contribution in [0.5, 0.6) is 0 Å². The number of amides is 3. The summed E-state index contributed by atoms with van der Waals surface area (Å²) in [6.45, 7) is 1.82. The number of benzene rings is 1. The summed E-state index contributed by atoms with van der Waals surface area (Å²) in [5, 5.41) is 7.68. The van der Waals surface area contributed by atoms with Crippen molar-refractivity contribution in [3.05, 3.63) is 49.8 Å². The number of hydrogen-bond acceptors (Lipinski definition) is 3. The van der Waals surface area contributed by atoms with Crippen LogP contribution in [0.15, 0.2) is 23.6 Å². The van der Waals surface area contributed by atoms with E-state index in [2.05, 4.69) is 10.6 Å². The van der Waals surface area contributed by atoms with Gasteiger partial charge in [0.25, 0.3) is 5.91 Å². The quantitative estimate of drug-likeness (QED) is 0.790. The maximum Gasteiger partial charge on any atom is 0.326 e. The van der Waals surface area contributed by atoms with E-state index in [0.29, 0.717) is 10.0 Å². The summed E-state index contributed by atoms with van der Waals surface area (Å²) in [6.07, 6.45) is 0. The summed E-state index contributed by atoms with van der Waals surface area (Å²) >= 11 is 19.1. The summed E-state index contributed by atoms with van der Waals surface area (Å²) in [7, 11) is 0. The fourth-order valence-electron chi connectivity index (χ4n) is 1.53. The predicted molar refractivity (Wildman–Crippen MR) is 87.0 cm³/mol. The van der Waals surface area contributed by atoms with Crippen LogP contribution in [0, 0.1) is 6.92 Å². The first-order chi connectivity index (χ1) is 9.90. The van der Waals surface area contributed by atoms with Crippen LogP contribution in [-0.2, 0) is 0 Å². The second-order valence-corrected chi connectivity index (χ2v) is 6.14. The topological polar surface area (TPSA) is 58.2 Å². The highest BCUT2D eigenvalue weighted by Gasteiger charge is 2.18. The summed E-state index contributed by atoms with van der Waals surface area (Å²) < 4.78 is 0. The Morgan fingerprint density at radius 2 is 1.76 bits per heavy atom. The van der Waals surface area contributed by atoms with Crippen LogP contribution in [0.2, 0.25) is 15.1 Å². The van der Waals surface area contributed by atoms with Crippen molar-refractivity contribution < 1.29 is 9.59 Å². The first-order valence-electron chi connectivity index (χ1n) is 5.70. The van der Waals surface area contributed by atoms with Crippen molar-refractivity contribution in [3.8, 4) is 0 Å². The average molecular weight is 364 g/mol. The van der Waals surface area contributed by atoms with Crippen LogP contribution >= 0.6 is 46.1 Å². The van der Waals surface area contributed by atoms with Gasteiger partial charge in [0.15, 0.2) is 0 Å². The molecule has 0 aliphatic rings. The van der Waals surface area contributed by atoms with Gasteiger partial charge in [0.05, 0.1) is 20.6 Å². The standard InChI is InChI=1S/C13H9Cl3N2O2S/c1-6-5-21-12(10(6)16)18-13(20)17-11(19)9-7(14)3-2-4-8(9)15/h2-5H,1H3,(H2,17,18,19,20). The Kier molecular flexibility index (Phi) is 5.11. The second kappa shape index (κ2) is 6.66. The minimum Gasteiger partial charge on any atom is -0.298 e. The molecule has 1 aromatic heterocycles. The number of anilines is 1. The van der Waals surface area contributed by atoms with Crippen LogP contribution in [0.4, 0.5) is 9.80 Å². The van der Waals surface area contributed by atoms with E-state index in [-0.39, 0.29) is 15.6 Å². The van der Waals surface area contributed by atoms with Gasteiger partial charge in [-0.2, -0.15) is 0 Å². The Balaban J connectivity index is 2.09. The zero-order valence-corrected chi connectivity index (χ0v) is 13.8. The monoisotopic (exact) mass is 362 g/mol. The van der Waals surface area contributed by atoms with Gasteiger partial charge in [-0.1, -0.05) is 40.9 Å². The molecule has 0 aliphatic heterocycles. The number of imide groups is 1. The van der Waals surface area contributed by atoms with Gasteiger partial charge in [-0.15, -0.1) is 11.3 Å². The van der Waals surface area contributed by atoms with Gasteiger partial charge < -0.3 is 0 Å². The summed E-state index contributed by atoms with van der Waals surface area (Å²) in [5.41, 5.74) is 0.891. The van der Waals surface area contributed by atoms with E-state index >= 15 is 0 Å². The van der Waals surface area contributed by atoms with Gasteiger partial charge in [0.1, 0.15) is 5.00 Å². The first-order valence-corrected chi connectivity index (χ1v) is 7.71. The number of carbonyl (C=O) groups excluding carboxylic acids is 2. The number of hydrogen-bond donors (Lipinski definition) is 2. The molecule has 110 valence electrons. The van der Waals surface area contributed by atoms with E-state index in [4.69, 9.17) is 34.8 Å². The fourth-order valence-corrected chi connectivity index (χ4v) is 3.23. The summed E-state index contributed by atoms with van der Waals surface area (Å²) in [6, 6.07) is 3.93. The molecule has 0 bridgehead atoms. The molecule has 0 saturated carbocycles. The van der Waals surface area contributed by atoms with Crippen LogP contribution in [0.1, 0.15) is 15.9 Å². The highest BCUT2D eigenvalue weighted by atomic mass is 35.5. The molecule has 2 aromatic rings. The Morgan fingerprint density at radius 3 is 2.29 bits per heavy atom. The maximum atomic E-state index is 12.0. The van der Waals surface area contributed by atoms with Crippen molar-refractivity contribution in [1.82, 2.24) is 5.32 Å². The first kappa shape index (κ1) is 16.1. The molecule has 0 spiro atoms. The highest BCUT2D eigenvalue weighted by molar-refractivity contribution is 7.15. The predicted octanol–water partition coefficient (Wildman–Crippen LogP) is 4.98. The number of nitrogens with one attached hydrogen (secondary N) is 2. The van der Waals surface area contributed by atoms with Gasteiger partial charge in [0, 0.05) is 0 Å². The molecular weight excluding hydrogens is 355 g/mol. The molecule has 1 aromatic carbocycles. The van der Waals surface area contributed by atoms with Crippen molar-refractivity contribution >= 4 is 63.1 Å². The largest absolute Gasteiger partial charge is 0.326 e. The number of aryl methyl sites for hydroxylation is 1. The van der Waals surface area contributed by atoms with Crippen molar-refractivity contribution in [2.75, 3.05) is 5.32 Å². The molecule has 8 heteroatoms. The Labute approximate surface area is 140 Å². The van der Waals surface area contributed by atoms with E-state index in [9.17, 15) is 9.59 Å². The molecule has 0 aliphatic carbocycles. The summed E-state index contributed by atoms with van der Waals surface area (Å²) in [4.78, 5) is 23.8. The molecule has 0 unspecified atom stereocenters. The van der Waals surface area contributed by atoms with Crippen LogP contribution < -0.4 is 10.6 Å². The number of carbonyl (C=O) groups is 2. The smallest absolute Gasteiger partial charge is 0.298 e. The second-order valence-electron chi connectivity index (χ2n) is 4.07. The van der Waals surface area contributed by atoms with E-state index < -0.39 is 11.9 Å². The zero-order chi connectivity index (χ0) is 15.6. The third kappa shape index (κ3) is 3.68. The molecule has 2 rings (SSSR count). The number of thiophene rings is 1. The third-order valence-corrected chi connectivity index (χ3v) is 4.79. The molecule has 0 fully saturated rings. The minimum atomic E-state index is -0.709. The molecule has 2 N–H and O–H groups in total. The normalized spacial score (nSPS) is 10.3. The number of rotatable bonds is 2. The van der Waals surface area contributed by atoms with Gasteiger partial charge in [0.2, 0.25) is 0 Å². The minimum absolute atomic E-state index is 0.0458. The molecule has 1 heterocycles. The van der Waals surface area contributed by atoms with E-state index in [0.717, 1.165) is 5.56 Å². The van der Waals surface area contributed by atoms with Gasteiger partial charge in [-0.25, -0.2) is 4.79 Å². The van der Waals surface area contributed by atoms with Crippen molar-refractivity contribution in [2.24, 2.45) is 0 Å². The van der Waals surface area contributed by atoms with E-state index in [1.54, 1.807) is 11.4 Å². The van der Waals surface area contributed by atoms with Crippen molar-refractivity contribution in [1.29, 1.82) is 0 Å². The molecule has 0 saturated heterocycles. The summed E-state index contributed by atoms with van der Waals surface area (Å²) in [5.74, 6) is -0.687. The van der Waals surface area contributed by atoms with Crippen LogP contribution in [-0.4, -0.2) is 11.9 Å².